The number of fused-ring (bicyclic) bond motifs is 1. The zero-order valence-corrected chi connectivity index (χ0v) is 16.5. The first-order valence-electron chi connectivity index (χ1n) is 9.27. The van der Waals surface area contributed by atoms with Gasteiger partial charge in [0.05, 0.1) is 17.4 Å². The Kier molecular flexibility index (Phi) is 5.27. The van der Waals surface area contributed by atoms with Gasteiger partial charge in [-0.25, -0.2) is 9.97 Å². The number of carbonyl (C=O) groups excluding carboxylic acids is 1. The van der Waals surface area contributed by atoms with Crippen molar-refractivity contribution in [3.8, 4) is 0 Å². The number of thioether (sulfide) groups is 1. The smallest absolute Gasteiger partial charge is 0.174 e. The number of nitrogens with zero attached hydrogens (tertiary/aromatic N) is 3. The molecule has 27 heavy (non-hydrogen) atoms. The molecule has 5 nitrogen and oxygen atoms in total. The van der Waals surface area contributed by atoms with Crippen LogP contribution in [0.3, 0.4) is 0 Å². The fraction of sp³-hybridized carbons (Fsp3) is 0.381. The Bertz CT molecular complexity index is 971. The van der Waals surface area contributed by atoms with Gasteiger partial charge >= 0.3 is 0 Å². The highest BCUT2D eigenvalue weighted by Gasteiger charge is 2.21. The molecule has 1 fully saturated rings. The molecule has 0 saturated carbocycles. The Balaban J connectivity index is 1.49. The topological polar surface area (TPSA) is 57.0 Å². The normalized spacial score (nSPS) is 16.9. The van der Waals surface area contributed by atoms with Crippen LogP contribution in [0, 0.1) is 13.8 Å². The number of benzene rings is 1. The van der Waals surface area contributed by atoms with E-state index in [1.165, 1.54) is 11.8 Å². The average molecular weight is 382 g/mol. The van der Waals surface area contributed by atoms with Crippen molar-refractivity contribution in [3.05, 3.63) is 53.6 Å². The standard InChI is InChI=1S/C21H23N3O2S/c1-14-10-18(15(2)24(14)11-16-6-5-9-26-16)20(25)12-27-21-17-7-3-4-8-19(17)22-13-23-21/h3-4,7-8,10,13,16H,5-6,9,11-12H2,1-2H3/t16-/m1/s1. The molecule has 0 unspecified atom stereocenters. The summed E-state index contributed by atoms with van der Waals surface area (Å²) in [5.41, 5.74) is 3.85. The molecule has 0 radical (unpaired) electrons. The summed E-state index contributed by atoms with van der Waals surface area (Å²) < 4.78 is 7.98. The summed E-state index contributed by atoms with van der Waals surface area (Å²) in [6.07, 6.45) is 4.04. The van der Waals surface area contributed by atoms with Gasteiger partial charge in [0, 0.05) is 35.5 Å². The first kappa shape index (κ1) is 18.2. The largest absolute Gasteiger partial charge is 0.376 e. The zero-order valence-electron chi connectivity index (χ0n) is 15.6. The number of hydrogen-bond donors (Lipinski definition) is 0. The lowest BCUT2D eigenvalue weighted by Gasteiger charge is -2.14. The zero-order chi connectivity index (χ0) is 18.8. The van der Waals surface area contributed by atoms with Crippen molar-refractivity contribution >= 4 is 28.4 Å². The van der Waals surface area contributed by atoms with Crippen molar-refractivity contribution in [1.82, 2.24) is 14.5 Å². The van der Waals surface area contributed by atoms with Crippen LogP contribution in [-0.2, 0) is 11.3 Å². The van der Waals surface area contributed by atoms with Crippen molar-refractivity contribution in [2.45, 2.75) is 44.4 Å². The molecule has 1 aromatic carbocycles. The highest BCUT2D eigenvalue weighted by Crippen LogP contribution is 2.26. The molecule has 1 aliphatic rings. The lowest BCUT2D eigenvalue weighted by molar-refractivity contribution is 0.0957. The fourth-order valence-corrected chi connectivity index (χ4v) is 4.54. The molecule has 1 saturated heterocycles. The first-order valence-corrected chi connectivity index (χ1v) is 10.3. The lowest BCUT2D eigenvalue weighted by Crippen LogP contribution is -2.17. The molecule has 3 aromatic rings. The van der Waals surface area contributed by atoms with Crippen molar-refractivity contribution in [1.29, 1.82) is 0 Å². The van der Waals surface area contributed by atoms with Crippen molar-refractivity contribution < 1.29 is 9.53 Å². The molecule has 3 heterocycles. The van der Waals surface area contributed by atoms with E-state index in [-0.39, 0.29) is 11.9 Å². The van der Waals surface area contributed by atoms with Crippen LogP contribution in [0.5, 0.6) is 0 Å². The maximum Gasteiger partial charge on any atom is 0.174 e. The molecule has 0 aliphatic carbocycles. The van der Waals surface area contributed by atoms with Crippen LogP contribution < -0.4 is 0 Å². The molecular weight excluding hydrogens is 358 g/mol. The maximum atomic E-state index is 12.9. The third-order valence-corrected chi connectivity index (χ3v) is 6.14. The third kappa shape index (κ3) is 3.77. The second kappa shape index (κ2) is 7.82. The monoisotopic (exact) mass is 381 g/mol. The average Bonchev–Trinajstić information content (AvgIpc) is 3.30. The van der Waals surface area contributed by atoms with E-state index < -0.39 is 0 Å². The van der Waals surface area contributed by atoms with Crippen molar-refractivity contribution in [2.75, 3.05) is 12.4 Å². The molecule has 0 N–H and O–H groups in total. The molecule has 2 aromatic heterocycles. The molecule has 0 amide bonds. The SMILES string of the molecule is Cc1cc(C(=O)CSc2ncnc3ccccc23)c(C)n1C[C@H]1CCCO1. The van der Waals surface area contributed by atoms with Gasteiger partial charge in [0.2, 0.25) is 0 Å². The number of Topliss-reactive ketones (excluding diaryl/α,β-unsaturated/α-hetero) is 1. The minimum atomic E-state index is 0.134. The summed E-state index contributed by atoms with van der Waals surface area (Å²) >= 11 is 1.47. The fourth-order valence-electron chi connectivity index (χ4n) is 3.66. The number of rotatable bonds is 6. The van der Waals surface area contributed by atoms with Crippen LogP contribution in [0.4, 0.5) is 0 Å². The van der Waals surface area contributed by atoms with Crippen LogP contribution in [-0.4, -0.2) is 38.8 Å². The molecule has 1 aliphatic heterocycles. The molecule has 0 spiro atoms. The van der Waals surface area contributed by atoms with E-state index in [1.54, 1.807) is 6.33 Å². The lowest BCUT2D eigenvalue weighted by atomic mass is 10.2. The van der Waals surface area contributed by atoms with Gasteiger partial charge in [0.15, 0.2) is 5.78 Å². The number of ketones is 1. The number of para-hydroxylation sites is 1. The van der Waals surface area contributed by atoms with Gasteiger partial charge < -0.3 is 9.30 Å². The second-order valence-electron chi connectivity index (χ2n) is 6.94. The molecule has 4 rings (SSSR count). The van der Waals surface area contributed by atoms with Crippen LogP contribution in [0.15, 0.2) is 41.7 Å². The predicted octanol–water partition coefficient (Wildman–Crippen LogP) is 4.20. The number of hydrogen-bond acceptors (Lipinski definition) is 5. The molecule has 6 heteroatoms. The second-order valence-corrected chi connectivity index (χ2v) is 7.90. The van der Waals surface area contributed by atoms with Crippen LogP contribution in [0.25, 0.3) is 10.9 Å². The number of aromatic nitrogens is 3. The van der Waals surface area contributed by atoms with Gasteiger partial charge in [0.1, 0.15) is 11.4 Å². The van der Waals surface area contributed by atoms with E-state index >= 15 is 0 Å². The number of carbonyl (C=O) groups is 1. The van der Waals surface area contributed by atoms with Gasteiger partial charge in [-0.1, -0.05) is 30.0 Å². The Morgan fingerprint density at radius 2 is 2.15 bits per heavy atom. The van der Waals surface area contributed by atoms with Gasteiger partial charge in [-0.05, 0) is 38.8 Å². The summed E-state index contributed by atoms with van der Waals surface area (Å²) in [4.78, 5) is 21.5. The van der Waals surface area contributed by atoms with Crippen molar-refractivity contribution in [2.24, 2.45) is 0 Å². The summed E-state index contributed by atoms with van der Waals surface area (Å²) in [5.74, 6) is 0.500. The first-order chi connectivity index (χ1) is 13.1. The molecular formula is C21H23N3O2S. The third-order valence-electron chi connectivity index (χ3n) is 5.13. The minimum absolute atomic E-state index is 0.134. The quantitative estimate of drug-likeness (QED) is 0.364. The summed E-state index contributed by atoms with van der Waals surface area (Å²) in [6, 6.07) is 9.89. The van der Waals surface area contributed by atoms with E-state index in [2.05, 4.69) is 21.5 Å². The maximum absolute atomic E-state index is 12.9. The van der Waals surface area contributed by atoms with E-state index in [0.29, 0.717) is 5.75 Å². The Morgan fingerprint density at radius 3 is 2.96 bits per heavy atom. The molecule has 140 valence electrons. The Morgan fingerprint density at radius 1 is 1.30 bits per heavy atom. The van der Waals surface area contributed by atoms with Crippen LogP contribution >= 0.6 is 11.8 Å². The number of ether oxygens (including phenoxy) is 1. The summed E-state index contributed by atoms with van der Waals surface area (Å²) in [5, 5.41) is 1.84. The Labute approximate surface area is 163 Å². The van der Waals surface area contributed by atoms with E-state index in [4.69, 9.17) is 4.74 Å². The number of aryl methyl sites for hydroxylation is 1. The van der Waals surface area contributed by atoms with E-state index in [1.807, 2.05) is 37.3 Å². The molecule has 1 atom stereocenters. The van der Waals surface area contributed by atoms with Gasteiger partial charge in [-0.15, -0.1) is 0 Å². The van der Waals surface area contributed by atoms with Gasteiger partial charge in [0.25, 0.3) is 0 Å². The highest BCUT2D eigenvalue weighted by atomic mass is 32.2. The van der Waals surface area contributed by atoms with Crippen LogP contribution in [0.2, 0.25) is 0 Å². The van der Waals surface area contributed by atoms with Gasteiger partial charge in [-0.2, -0.15) is 0 Å². The molecule has 0 bridgehead atoms. The van der Waals surface area contributed by atoms with Gasteiger partial charge in [-0.3, -0.25) is 4.79 Å². The van der Waals surface area contributed by atoms with E-state index in [0.717, 1.165) is 58.9 Å². The predicted molar refractivity (Wildman–Crippen MR) is 107 cm³/mol. The van der Waals surface area contributed by atoms with Crippen molar-refractivity contribution in [3.63, 3.8) is 0 Å². The van der Waals surface area contributed by atoms with Crippen LogP contribution in [0.1, 0.15) is 34.6 Å². The van der Waals surface area contributed by atoms with E-state index in [9.17, 15) is 4.79 Å². The minimum Gasteiger partial charge on any atom is -0.376 e. The highest BCUT2D eigenvalue weighted by molar-refractivity contribution is 8.00. The summed E-state index contributed by atoms with van der Waals surface area (Å²) in [7, 11) is 0. The Hall–Kier alpha value is -2.18. The summed E-state index contributed by atoms with van der Waals surface area (Å²) in [6.45, 7) is 5.76.